The van der Waals surface area contributed by atoms with Crippen molar-refractivity contribution in [1.29, 1.82) is 0 Å². The highest BCUT2D eigenvalue weighted by Gasteiger charge is 2.35. The Bertz CT molecular complexity index is 224. The largest absolute Gasteiger partial charge is 0.388 e. The second-order valence-electron chi connectivity index (χ2n) is 3.22. The van der Waals surface area contributed by atoms with Crippen LogP contribution in [0.15, 0.2) is 0 Å². The summed E-state index contributed by atoms with van der Waals surface area (Å²) in [7, 11) is 0. The molecule has 96 valence electrons. The van der Waals surface area contributed by atoms with E-state index in [0.29, 0.717) is 5.06 Å². The standard InChI is InChI=1S/C8H17NO7/c1-2-9(16)8(15)7(14)6(13)5(12)4(11)3-10/h5-8,10,12-16H,2-3H2,1H3/t5-,6+,7-,8?/m1/s1. The molecule has 0 aliphatic heterocycles. The smallest absolute Gasteiger partial charge is 0.189 e. The van der Waals surface area contributed by atoms with Crippen LogP contribution in [0.5, 0.6) is 0 Å². The molecule has 0 heterocycles. The monoisotopic (exact) mass is 239 g/mol. The molecule has 0 aliphatic carbocycles. The van der Waals surface area contributed by atoms with Crippen molar-refractivity contribution in [2.75, 3.05) is 13.2 Å². The first-order valence-corrected chi connectivity index (χ1v) is 4.68. The molecule has 6 N–H and O–H groups in total. The maximum absolute atomic E-state index is 10.8. The lowest BCUT2D eigenvalue weighted by atomic mass is 10.0. The fraction of sp³-hybridized carbons (Fsp3) is 0.875. The second kappa shape index (κ2) is 6.86. The summed E-state index contributed by atoms with van der Waals surface area (Å²) in [5.74, 6) is -1.10. The molecular formula is C8H17NO7. The van der Waals surface area contributed by atoms with Crippen LogP contribution >= 0.6 is 0 Å². The van der Waals surface area contributed by atoms with Crippen LogP contribution in [0.2, 0.25) is 0 Å². The zero-order chi connectivity index (χ0) is 12.9. The molecule has 0 rings (SSSR count). The molecule has 0 amide bonds. The number of carbonyl (C=O) groups excluding carboxylic acids is 1. The van der Waals surface area contributed by atoms with E-state index in [9.17, 15) is 20.1 Å². The van der Waals surface area contributed by atoms with Crippen molar-refractivity contribution in [3.05, 3.63) is 0 Å². The summed E-state index contributed by atoms with van der Waals surface area (Å²) in [5.41, 5.74) is 0. The van der Waals surface area contributed by atoms with E-state index in [2.05, 4.69) is 0 Å². The normalized spacial score (nSPS) is 19.2. The van der Waals surface area contributed by atoms with Gasteiger partial charge in [-0.25, -0.2) is 0 Å². The molecular weight excluding hydrogens is 222 g/mol. The number of nitrogens with zero attached hydrogens (tertiary/aromatic N) is 1. The third-order valence-corrected chi connectivity index (χ3v) is 2.09. The van der Waals surface area contributed by atoms with Gasteiger partial charge < -0.3 is 30.7 Å². The summed E-state index contributed by atoms with van der Waals surface area (Å²) in [6.45, 7) is 0.435. The van der Waals surface area contributed by atoms with Gasteiger partial charge in [-0.05, 0) is 6.92 Å². The minimum absolute atomic E-state index is 0.0327. The Morgan fingerprint density at radius 3 is 2.06 bits per heavy atom. The maximum Gasteiger partial charge on any atom is 0.189 e. The number of ketones is 1. The molecule has 1 unspecified atom stereocenters. The first kappa shape index (κ1) is 15.4. The summed E-state index contributed by atoms with van der Waals surface area (Å²) in [5, 5.41) is 54.7. The average molecular weight is 239 g/mol. The number of carbonyl (C=O) groups is 1. The number of aliphatic hydroxyl groups excluding tert-OH is 5. The summed E-state index contributed by atoms with van der Waals surface area (Å²) in [6, 6.07) is 0. The molecule has 0 bridgehead atoms. The Morgan fingerprint density at radius 2 is 1.69 bits per heavy atom. The molecule has 0 aromatic rings. The van der Waals surface area contributed by atoms with Crippen molar-refractivity contribution in [1.82, 2.24) is 5.06 Å². The number of hydrogen-bond donors (Lipinski definition) is 6. The van der Waals surface area contributed by atoms with E-state index in [1.807, 2.05) is 0 Å². The SMILES string of the molecule is CCN(O)C(O)[C@H](O)[C@@H](O)[C@H](O)C(=O)CO. The third-order valence-electron chi connectivity index (χ3n) is 2.09. The Labute approximate surface area is 91.9 Å². The molecule has 0 spiro atoms. The predicted octanol–water partition coefficient (Wildman–Crippen LogP) is -3.34. The molecule has 0 saturated heterocycles. The fourth-order valence-electron chi connectivity index (χ4n) is 1.01. The number of hydroxylamine groups is 2. The molecule has 4 atom stereocenters. The number of hydrogen-bond acceptors (Lipinski definition) is 8. The Balaban J connectivity index is 4.47. The van der Waals surface area contributed by atoms with Gasteiger partial charge in [0.2, 0.25) is 0 Å². The van der Waals surface area contributed by atoms with Gasteiger partial charge in [0.15, 0.2) is 12.0 Å². The number of aliphatic hydroxyl groups is 5. The molecule has 8 nitrogen and oxygen atoms in total. The van der Waals surface area contributed by atoms with Crippen LogP contribution in [-0.2, 0) is 4.79 Å². The predicted molar refractivity (Wildman–Crippen MR) is 50.3 cm³/mol. The van der Waals surface area contributed by atoms with Crippen LogP contribution < -0.4 is 0 Å². The zero-order valence-electron chi connectivity index (χ0n) is 8.76. The topological polar surface area (TPSA) is 142 Å². The van der Waals surface area contributed by atoms with Crippen LogP contribution in [-0.4, -0.2) is 79.3 Å². The minimum atomic E-state index is -2.03. The number of likely N-dealkylation sites (N-methyl/N-ethyl adjacent to an activating group) is 1. The lowest BCUT2D eigenvalue weighted by Crippen LogP contribution is -2.53. The molecule has 0 aromatic carbocycles. The van der Waals surface area contributed by atoms with Gasteiger partial charge in [0.25, 0.3) is 0 Å². The highest BCUT2D eigenvalue weighted by atomic mass is 16.5. The summed E-state index contributed by atoms with van der Waals surface area (Å²) in [4.78, 5) is 10.8. The maximum atomic E-state index is 10.8. The van der Waals surface area contributed by atoms with Crippen LogP contribution in [0.25, 0.3) is 0 Å². The second-order valence-corrected chi connectivity index (χ2v) is 3.22. The van der Waals surface area contributed by atoms with Gasteiger partial charge in [0.1, 0.15) is 24.9 Å². The average Bonchev–Trinajstić information content (AvgIpc) is 2.32. The molecule has 0 aromatic heterocycles. The van der Waals surface area contributed by atoms with Crippen molar-refractivity contribution >= 4 is 5.78 Å². The minimum Gasteiger partial charge on any atom is -0.388 e. The highest BCUT2D eigenvalue weighted by molar-refractivity contribution is 5.84. The Hall–Kier alpha value is -0.610. The number of Topliss-reactive ketones (excluding diaryl/α,β-unsaturated/α-hetero) is 1. The Kier molecular flexibility index (Phi) is 6.60. The van der Waals surface area contributed by atoms with Gasteiger partial charge in [-0.1, -0.05) is 0 Å². The molecule has 0 radical (unpaired) electrons. The molecule has 16 heavy (non-hydrogen) atoms. The van der Waals surface area contributed by atoms with Crippen molar-refractivity contribution in [2.45, 2.75) is 31.5 Å². The quantitative estimate of drug-likeness (QED) is 0.200. The van der Waals surface area contributed by atoms with E-state index >= 15 is 0 Å². The van der Waals surface area contributed by atoms with Crippen molar-refractivity contribution < 1.29 is 35.5 Å². The van der Waals surface area contributed by atoms with Gasteiger partial charge in [0, 0.05) is 6.54 Å². The summed E-state index contributed by atoms with van der Waals surface area (Å²) < 4.78 is 0. The van der Waals surface area contributed by atoms with Crippen LogP contribution in [0.4, 0.5) is 0 Å². The van der Waals surface area contributed by atoms with Gasteiger partial charge in [-0.15, -0.1) is 0 Å². The Morgan fingerprint density at radius 1 is 1.19 bits per heavy atom. The van der Waals surface area contributed by atoms with E-state index in [-0.39, 0.29) is 6.54 Å². The molecule has 0 saturated carbocycles. The summed E-state index contributed by atoms with van der Waals surface area (Å²) in [6.07, 6.45) is -7.83. The highest BCUT2D eigenvalue weighted by Crippen LogP contribution is 2.08. The third kappa shape index (κ3) is 3.76. The van der Waals surface area contributed by atoms with Crippen LogP contribution in [0.1, 0.15) is 6.92 Å². The zero-order valence-corrected chi connectivity index (χ0v) is 8.76. The number of rotatable bonds is 7. The first-order valence-electron chi connectivity index (χ1n) is 4.68. The molecule has 8 heteroatoms. The lowest BCUT2D eigenvalue weighted by Gasteiger charge is -2.29. The van der Waals surface area contributed by atoms with E-state index < -0.39 is 36.9 Å². The van der Waals surface area contributed by atoms with E-state index in [1.54, 1.807) is 0 Å². The van der Waals surface area contributed by atoms with Gasteiger partial charge in [-0.3, -0.25) is 4.79 Å². The first-order chi connectivity index (χ1) is 7.36. The van der Waals surface area contributed by atoms with Gasteiger partial charge in [-0.2, -0.15) is 5.06 Å². The molecule has 0 aliphatic rings. The van der Waals surface area contributed by atoms with Crippen molar-refractivity contribution in [3.8, 4) is 0 Å². The molecule has 0 fully saturated rings. The van der Waals surface area contributed by atoms with Crippen molar-refractivity contribution in [2.24, 2.45) is 0 Å². The fourth-order valence-corrected chi connectivity index (χ4v) is 1.01. The van der Waals surface area contributed by atoms with Gasteiger partial charge in [0.05, 0.1) is 0 Å². The van der Waals surface area contributed by atoms with E-state index in [0.717, 1.165) is 0 Å². The van der Waals surface area contributed by atoms with Crippen LogP contribution in [0.3, 0.4) is 0 Å². The van der Waals surface area contributed by atoms with Crippen molar-refractivity contribution in [3.63, 3.8) is 0 Å². The summed E-state index contributed by atoms with van der Waals surface area (Å²) >= 11 is 0. The van der Waals surface area contributed by atoms with Crippen LogP contribution in [0, 0.1) is 0 Å². The lowest BCUT2D eigenvalue weighted by molar-refractivity contribution is -0.244. The van der Waals surface area contributed by atoms with E-state index in [4.69, 9.17) is 15.4 Å². The van der Waals surface area contributed by atoms with Gasteiger partial charge >= 0.3 is 0 Å². The van der Waals surface area contributed by atoms with E-state index in [1.165, 1.54) is 6.92 Å².